The average Bonchev–Trinajstić information content (AvgIpc) is 2.76. The van der Waals surface area contributed by atoms with E-state index in [4.69, 9.17) is 22.2 Å². The molecule has 2 heterocycles. The summed E-state index contributed by atoms with van der Waals surface area (Å²) in [5.41, 5.74) is 0.627. The third kappa shape index (κ3) is 1.74. The summed E-state index contributed by atoms with van der Waals surface area (Å²) in [5.74, 6) is 7.03. The number of nitrogens with one attached hydrogen (secondary N) is 1. The third-order valence-electron chi connectivity index (χ3n) is 2.46. The first-order valence-electron chi connectivity index (χ1n) is 4.99. The molecule has 0 amide bonds. The van der Waals surface area contributed by atoms with E-state index in [0.29, 0.717) is 22.5 Å². The molecule has 0 saturated carbocycles. The van der Waals surface area contributed by atoms with Crippen molar-refractivity contribution in [3.05, 3.63) is 11.5 Å². The van der Waals surface area contributed by atoms with E-state index in [9.17, 15) is 0 Å². The molecule has 0 aliphatic carbocycles. The Morgan fingerprint density at radius 2 is 2.38 bits per heavy atom. The Hall–Kier alpha value is -1.27. The summed E-state index contributed by atoms with van der Waals surface area (Å²) in [6, 6.07) is 0. The van der Waals surface area contributed by atoms with Gasteiger partial charge in [0.25, 0.3) is 0 Å². The number of ether oxygens (including phenoxy) is 1. The molecule has 0 aromatic rings. The monoisotopic (exact) mass is 243 g/mol. The van der Waals surface area contributed by atoms with E-state index in [-0.39, 0.29) is 6.17 Å². The van der Waals surface area contributed by atoms with Gasteiger partial charge in [0, 0.05) is 6.54 Å². The van der Waals surface area contributed by atoms with E-state index >= 15 is 0 Å². The van der Waals surface area contributed by atoms with E-state index in [1.165, 1.54) is 5.01 Å². The van der Waals surface area contributed by atoms with Crippen molar-refractivity contribution < 1.29 is 4.74 Å². The van der Waals surface area contributed by atoms with Gasteiger partial charge >= 0.3 is 0 Å². The van der Waals surface area contributed by atoms with Gasteiger partial charge in [-0.15, -0.1) is 0 Å². The minimum atomic E-state index is -0.242. The molecule has 1 atom stereocenters. The highest BCUT2D eigenvalue weighted by Gasteiger charge is 2.30. The topological polar surface area (TPSA) is 75.2 Å². The lowest BCUT2D eigenvalue weighted by Crippen LogP contribution is -2.44. The molecular formula is C9H14ClN5O. The average molecular weight is 244 g/mol. The molecule has 0 aromatic heterocycles. The van der Waals surface area contributed by atoms with Gasteiger partial charge in [-0.1, -0.05) is 11.6 Å². The van der Waals surface area contributed by atoms with Gasteiger partial charge in [-0.05, 0) is 6.92 Å². The number of hydrogen-bond acceptors (Lipinski definition) is 6. The molecule has 0 bridgehead atoms. The standard InChI is InChI=1S/C9H14ClN5O/c1-5-14-7(10)6(8-12-3-4-13-8)9(16-2)15(5)11/h5H,3-4,11H2,1-2H3,(H,12,13). The lowest BCUT2D eigenvalue weighted by molar-refractivity contribution is 0.122. The Balaban J connectivity index is 2.44. The highest BCUT2D eigenvalue weighted by molar-refractivity contribution is 6.72. The Labute approximate surface area is 98.8 Å². The van der Waals surface area contributed by atoms with Crippen LogP contribution in [0.5, 0.6) is 0 Å². The van der Waals surface area contributed by atoms with Gasteiger partial charge in [-0.3, -0.25) is 10.0 Å². The summed E-state index contributed by atoms with van der Waals surface area (Å²) in [6.07, 6.45) is -0.242. The van der Waals surface area contributed by atoms with Crippen LogP contribution in [0.15, 0.2) is 21.4 Å². The van der Waals surface area contributed by atoms with Crippen molar-refractivity contribution in [2.75, 3.05) is 20.2 Å². The van der Waals surface area contributed by atoms with Crippen LogP contribution in [0.4, 0.5) is 0 Å². The summed E-state index contributed by atoms with van der Waals surface area (Å²) in [5, 5.41) is 4.93. The van der Waals surface area contributed by atoms with Crippen LogP contribution in [0.2, 0.25) is 0 Å². The molecule has 7 heteroatoms. The molecule has 0 spiro atoms. The van der Waals surface area contributed by atoms with Crippen LogP contribution in [0, 0.1) is 0 Å². The first-order valence-corrected chi connectivity index (χ1v) is 5.37. The molecule has 0 fully saturated rings. The number of hydrogen-bond donors (Lipinski definition) is 2. The first-order chi connectivity index (χ1) is 7.65. The van der Waals surface area contributed by atoms with E-state index < -0.39 is 0 Å². The van der Waals surface area contributed by atoms with Gasteiger partial charge in [0.1, 0.15) is 22.7 Å². The quantitative estimate of drug-likeness (QED) is 0.671. The van der Waals surface area contributed by atoms with Crippen molar-refractivity contribution in [3.8, 4) is 0 Å². The van der Waals surface area contributed by atoms with Gasteiger partial charge < -0.3 is 10.1 Å². The molecule has 2 rings (SSSR count). The van der Waals surface area contributed by atoms with Gasteiger partial charge in [-0.2, -0.15) is 0 Å². The molecule has 2 aliphatic rings. The zero-order valence-electron chi connectivity index (χ0n) is 9.20. The summed E-state index contributed by atoms with van der Waals surface area (Å²) in [7, 11) is 1.55. The van der Waals surface area contributed by atoms with Crippen molar-refractivity contribution >= 4 is 22.6 Å². The third-order valence-corrected chi connectivity index (χ3v) is 2.75. The number of methoxy groups -OCH3 is 1. The molecular weight excluding hydrogens is 230 g/mol. The minimum absolute atomic E-state index is 0.242. The highest BCUT2D eigenvalue weighted by Crippen LogP contribution is 2.22. The fourth-order valence-electron chi connectivity index (χ4n) is 1.65. The van der Waals surface area contributed by atoms with E-state index in [2.05, 4.69) is 15.3 Å². The number of rotatable bonds is 2. The summed E-state index contributed by atoms with van der Waals surface area (Å²) < 4.78 is 5.26. The van der Waals surface area contributed by atoms with E-state index in [1.807, 2.05) is 6.92 Å². The minimum Gasteiger partial charge on any atom is -0.481 e. The second-order valence-electron chi connectivity index (χ2n) is 3.50. The Morgan fingerprint density at radius 3 is 2.94 bits per heavy atom. The lowest BCUT2D eigenvalue weighted by Gasteiger charge is -2.30. The Morgan fingerprint density at radius 1 is 1.62 bits per heavy atom. The smallest absolute Gasteiger partial charge is 0.219 e. The zero-order valence-corrected chi connectivity index (χ0v) is 9.95. The fraction of sp³-hybridized carbons (Fsp3) is 0.556. The van der Waals surface area contributed by atoms with E-state index in [1.54, 1.807) is 7.11 Å². The maximum absolute atomic E-state index is 6.11. The van der Waals surface area contributed by atoms with Gasteiger partial charge in [0.2, 0.25) is 5.88 Å². The van der Waals surface area contributed by atoms with Gasteiger partial charge in [-0.25, -0.2) is 10.8 Å². The SMILES string of the molecule is COC1=C(C2=NCCN2)C(Cl)=NC(C)N1N. The lowest BCUT2D eigenvalue weighted by atomic mass is 10.2. The Kier molecular flexibility index (Phi) is 3.02. The number of aliphatic imine (C=N–C) groups is 2. The number of nitrogens with zero attached hydrogens (tertiary/aromatic N) is 3. The predicted molar refractivity (Wildman–Crippen MR) is 63.1 cm³/mol. The molecule has 0 saturated heterocycles. The summed E-state index contributed by atoms with van der Waals surface area (Å²) in [6.45, 7) is 3.35. The maximum atomic E-state index is 6.11. The zero-order chi connectivity index (χ0) is 11.7. The number of halogens is 1. The largest absolute Gasteiger partial charge is 0.481 e. The van der Waals surface area contributed by atoms with Crippen molar-refractivity contribution in [2.45, 2.75) is 13.1 Å². The fourth-order valence-corrected chi connectivity index (χ4v) is 1.96. The Bertz CT molecular complexity index is 389. The molecule has 88 valence electrons. The normalized spacial score (nSPS) is 25.2. The molecule has 6 nitrogen and oxygen atoms in total. The summed E-state index contributed by atoms with van der Waals surface area (Å²) >= 11 is 6.11. The van der Waals surface area contributed by atoms with Gasteiger partial charge in [0.15, 0.2) is 0 Å². The van der Waals surface area contributed by atoms with Crippen LogP contribution in [0.1, 0.15) is 6.92 Å². The maximum Gasteiger partial charge on any atom is 0.219 e. The van der Waals surface area contributed by atoms with Crippen LogP contribution >= 0.6 is 11.6 Å². The van der Waals surface area contributed by atoms with Gasteiger partial charge in [0.05, 0.1) is 13.7 Å². The van der Waals surface area contributed by atoms with E-state index in [0.717, 1.165) is 13.1 Å². The van der Waals surface area contributed by atoms with Crippen molar-refractivity contribution in [3.63, 3.8) is 0 Å². The van der Waals surface area contributed by atoms with Crippen molar-refractivity contribution in [2.24, 2.45) is 15.8 Å². The first kappa shape index (κ1) is 11.2. The molecule has 0 aromatic carbocycles. The number of nitrogens with two attached hydrogens (primary N) is 1. The van der Waals surface area contributed by atoms with Crippen LogP contribution in [0.25, 0.3) is 0 Å². The second kappa shape index (κ2) is 4.31. The molecule has 2 aliphatic heterocycles. The molecule has 3 N–H and O–H groups in total. The number of amidine groups is 1. The van der Waals surface area contributed by atoms with Crippen LogP contribution in [0.3, 0.4) is 0 Å². The highest BCUT2D eigenvalue weighted by atomic mass is 35.5. The predicted octanol–water partition coefficient (Wildman–Crippen LogP) is 0.0187. The summed E-state index contributed by atoms with van der Waals surface area (Å²) in [4.78, 5) is 8.50. The molecule has 1 unspecified atom stereocenters. The number of hydrazine groups is 1. The molecule has 0 radical (unpaired) electrons. The van der Waals surface area contributed by atoms with Crippen molar-refractivity contribution in [1.82, 2.24) is 10.3 Å². The second-order valence-corrected chi connectivity index (χ2v) is 3.86. The van der Waals surface area contributed by atoms with Crippen LogP contribution in [-0.2, 0) is 4.74 Å². The van der Waals surface area contributed by atoms with Crippen LogP contribution < -0.4 is 11.2 Å². The molecule has 16 heavy (non-hydrogen) atoms. The van der Waals surface area contributed by atoms with Crippen molar-refractivity contribution in [1.29, 1.82) is 0 Å². The van der Waals surface area contributed by atoms with Crippen LogP contribution in [-0.4, -0.2) is 42.4 Å².